The van der Waals surface area contributed by atoms with E-state index < -0.39 is 17.7 Å². The maximum absolute atomic E-state index is 13.1. The molecule has 174 valence electrons. The Balaban J connectivity index is 1.34. The van der Waals surface area contributed by atoms with Crippen molar-refractivity contribution in [1.82, 2.24) is 9.80 Å². The molecule has 0 N–H and O–H groups in total. The molecule has 2 fully saturated rings. The zero-order valence-electron chi connectivity index (χ0n) is 19.1. The van der Waals surface area contributed by atoms with Gasteiger partial charge >= 0.3 is 6.09 Å². The summed E-state index contributed by atoms with van der Waals surface area (Å²) in [5.41, 5.74) is 0.0192. The van der Waals surface area contributed by atoms with Crippen molar-refractivity contribution in [3.8, 4) is 11.5 Å². The molecule has 0 aromatic heterocycles. The first-order valence-corrected chi connectivity index (χ1v) is 11.5. The molecule has 0 radical (unpaired) electrons. The molecule has 3 heterocycles. The Morgan fingerprint density at radius 3 is 2.34 bits per heavy atom. The standard InChI is InChI=1S/C24H32N2O6/c1-24(2,3)32-23(29)26-10-4-5-18(26)22(28)25-11-8-16(9-12-25)21(27)17-6-7-19-20(15-17)31-14-13-30-19/h6-7,15-16,18H,4-5,8-14H2,1-3H3/t18-/m1/s1. The molecule has 0 unspecified atom stereocenters. The molecule has 0 spiro atoms. The second-order valence-electron chi connectivity index (χ2n) is 9.65. The molecule has 3 aliphatic rings. The van der Waals surface area contributed by atoms with Crippen LogP contribution in [0.3, 0.4) is 0 Å². The zero-order chi connectivity index (χ0) is 22.9. The number of amides is 2. The highest BCUT2D eigenvalue weighted by Gasteiger charge is 2.40. The first kappa shape index (κ1) is 22.4. The van der Waals surface area contributed by atoms with Crippen molar-refractivity contribution < 1.29 is 28.6 Å². The lowest BCUT2D eigenvalue weighted by molar-refractivity contribution is -0.137. The molecule has 0 aliphatic carbocycles. The summed E-state index contributed by atoms with van der Waals surface area (Å²) in [6.07, 6.45) is 2.22. The van der Waals surface area contributed by atoms with Gasteiger partial charge in [0, 0.05) is 31.1 Å². The van der Waals surface area contributed by atoms with E-state index >= 15 is 0 Å². The largest absolute Gasteiger partial charge is 0.486 e. The Morgan fingerprint density at radius 1 is 0.969 bits per heavy atom. The van der Waals surface area contributed by atoms with Crippen LogP contribution in [0.25, 0.3) is 0 Å². The van der Waals surface area contributed by atoms with E-state index in [1.807, 2.05) is 20.8 Å². The lowest BCUT2D eigenvalue weighted by Gasteiger charge is -2.35. The van der Waals surface area contributed by atoms with Crippen molar-refractivity contribution in [2.75, 3.05) is 32.8 Å². The zero-order valence-corrected chi connectivity index (χ0v) is 19.1. The number of carbonyl (C=O) groups is 3. The van der Waals surface area contributed by atoms with Gasteiger partial charge in [-0.3, -0.25) is 14.5 Å². The van der Waals surface area contributed by atoms with Gasteiger partial charge in [-0.15, -0.1) is 0 Å². The number of benzene rings is 1. The first-order chi connectivity index (χ1) is 15.2. The van der Waals surface area contributed by atoms with Crippen LogP contribution in [0, 0.1) is 5.92 Å². The van der Waals surface area contributed by atoms with E-state index in [9.17, 15) is 14.4 Å². The van der Waals surface area contributed by atoms with E-state index in [-0.39, 0.29) is 17.6 Å². The van der Waals surface area contributed by atoms with Crippen molar-refractivity contribution in [2.45, 2.75) is 58.1 Å². The fourth-order valence-corrected chi connectivity index (χ4v) is 4.57. The Morgan fingerprint density at radius 2 is 1.66 bits per heavy atom. The highest BCUT2D eigenvalue weighted by atomic mass is 16.6. The molecule has 32 heavy (non-hydrogen) atoms. The average molecular weight is 445 g/mol. The fraction of sp³-hybridized carbons (Fsp3) is 0.625. The van der Waals surface area contributed by atoms with Crippen LogP contribution >= 0.6 is 0 Å². The van der Waals surface area contributed by atoms with E-state index in [1.54, 1.807) is 28.0 Å². The van der Waals surface area contributed by atoms with Gasteiger partial charge in [0.2, 0.25) is 5.91 Å². The molecule has 1 aromatic rings. The van der Waals surface area contributed by atoms with Crippen LogP contribution in [-0.4, -0.2) is 72.1 Å². The molecule has 1 aromatic carbocycles. The summed E-state index contributed by atoms with van der Waals surface area (Å²) in [7, 11) is 0. The summed E-state index contributed by atoms with van der Waals surface area (Å²) >= 11 is 0. The monoisotopic (exact) mass is 444 g/mol. The second-order valence-corrected chi connectivity index (χ2v) is 9.65. The van der Waals surface area contributed by atoms with Gasteiger partial charge in [-0.25, -0.2) is 4.79 Å². The van der Waals surface area contributed by atoms with Gasteiger partial charge in [-0.05, 0) is 64.7 Å². The van der Waals surface area contributed by atoms with E-state index in [4.69, 9.17) is 14.2 Å². The molecule has 2 saturated heterocycles. The molecule has 2 amide bonds. The number of carbonyl (C=O) groups excluding carboxylic acids is 3. The maximum Gasteiger partial charge on any atom is 0.410 e. The highest BCUT2D eigenvalue weighted by molar-refractivity contribution is 5.98. The third-order valence-electron chi connectivity index (χ3n) is 6.17. The van der Waals surface area contributed by atoms with Gasteiger partial charge in [0.1, 0.15) is 24.9 Å². The number of likely N-dealkylation sites (tertiary alicyclic amines) is 2. The Hall–Kier alpha value is -2.77. The van der Waals surface area contributed by atoms with Crippen molar-refractivity contribution in [3.63, 3.8) is 0 Å². The van der Waals surface area contributed by atoms with Crippen LogP contribution in [0.4, 0.5) is 4.79 Å². The predicted molar refractivity (Wildman–Crippen MR) is 117 cm³/mol. The van der Waals surface area contributed by atoms with Crippen LogP contribution in [0.1, 0.15) is 56.8 Å². The van der Waals surface area contributed by atoms with Crippen LogP contribution < -0.4 is 9.47 Å². The van der Waals surface area contributed by atoms with Gasteiger partial charge in [-0.2, -0.15) is 0 Å². The van der Waals surface area contributed by atoms with Gasteiger partial charge in [0.15, 0.2) is 17.3 Å². The van der Waals surface area contributed by atoms with Gasteiger partial charge < -0.3 is 19.1 Å². The SMILES string of the molecule is CC(C)(C)OC(=O)N1CCC[C@@H]1C(=O)N1CCC(C(=O)c2ccc3c(c2)OCCO3)CC1. The van der Waals surface area contributed by atoms with Crippen molar-refractivity contribution >= 4 is 17.8 Å². The minimum absolute atomic E-state index is 0.0430. The van der Waals surface area contributed by atoms with Crippen molar-refractivity contribution in [2.24, 2.45) is 5.92 Å². The van der Waals surface area contributed by atoms with Gasteiger partial charge in [0.05, 0.1) is 0 Å². The molecular weight excluding hydrogens is 412 g/mol. The number of rotatable bonds is 3. The minimum Gasteiger partial charge on any atom is -0.486 e. The summed E-state index contributed by atoms with van der Waals surface area (Å²) in [5, 5.41) is 0. The number of piperidine rings is 1. The van der Waals surface area contributed by atoms with Crippen LogP contribution in [0.2, 0.25) is 0 Å². The molecule has 8 heteroatoms. The smallest absolute Gasteiger partial charge is 0.410 e. The Bertz CT molecular complexity index is 885. The third-order valence-corrected chi connectivity index (χ3v) is 6.17. The number of hydrogen-bond donors (Lipinski definition) is 0. The van der Waals surface area contributed by atoms with Crippen molar-refractivity contribution in [3.05, 3.63) is 23.8 Å². The molecule has 4 rings (SSSR count). The lowest BCUT2D eigenvalue weighted by atomic mass is 9.88. The van der Waals surface area contributed by atoms with Crippen LogP contribution in [0.5, 0.6) is 11.5 Å². The summed E-state index contributed by atoms with van der Waals surface area (Å²) in [6.45, 7) is 8.01. The highest BCUT2D eigenvalue weighted by Crippen LogP contribution is 2.33. The van der Waals surface area contributed by atoms with Gasteiger partial charge in [-0.1, -0.05) is 0 Å². The Labute approximate surface area is 188 Å². The maximum atomic E-state index is 13.1. The molecule has 8 nitrogen and oxygen atoms in total. The van der Waals surface area contributed by atoms with Gasteiger partial charge in [0.25, 0.3) is 0 Å². The predicted octanol–water partition coefficient (Wildman–Crippen LogP) is 3.28. The number of ether oxygens (including phenoxy) is 3. The first-order valence-electron chi connectivity index (χ1n) is 11.5. The Kier molecular flexibility index (Phi) is 6.31. The summed E-state index contributed by atoms with van der Waals surface area (Å²) < 4.78 is 16.6. The number of ketones is 1. The van der Waals surface area contributed by atoms with E-state index in [2.05, 4.69) is 0 Å². The topological polar surface area (TPSA) is 85.4 Å². The van der Waals surface area contributed by atoms with E-state index in [0.717, 1.165) is 6.42 Å². The minimum atomic E-state index is -0.597. The molecule has 0 saturated carbocycles. The number of fused-ring (bicyclic) bond motifs is 1. The lowest BCUT2D eigenvalue weighted by Crippen LogP contribution is -2.51. The number of nitrogens with zero attached hydrogens (tertiary/aromatic N) is 2. The van der Waals surface area contributed by atoms with Crippen molar-refractivity contribution in [1.29, 1.82) is 0 Å². The quantitative estimate of drug-likeness (QED) is 0.665. The molecule has 3 aliphatic heterocycles. The van der Waals surface area contributed by atoms with Crippen LogP contribution in [0.15, 0.2) is 18.2 Å². The molecule has 0 bridgehead atoms. The van der Waals surface area contributed by atoms with E-state index in [1.165, 1.54) is 0 Å². The molecular formula is C24H32N2O6. The third kappa shape index (κ3) is 4.84. The van der Waals surface area contributed by atoms with E-state index in [0.29, 0.717) is 69.2 Å². The summed E-state index contributed by atoms with van der Waals surface area (Å²) in [6, 6.07) is 4.84. The normalized spacial score (nSPS) is 21.4. The molecule has 1 atom stereocenters. The number of hydrogen-bond acceptors (Lipinski definition) is 6. The summed E-state index contributed by atoms with van der Waals surface area (Å²) in [5.74, 6) is 1.17. The summed E-state index contributed by atoms with van der Waals surface area (Å²) in [4.78, 5) is 42.0. The number of Topliss-reactive ketones (excluding diaryl/α,β-unsaturated/α-hetero) is 1. The fourth-order valence-electron chi connectivity index (χ4n) is 4.57. The van der Waals surface area contributed by atoms with Crippen LogP contribution in [-0.2, 0) is 9.53 Å². The second kappa shape index (κ2) is 9.00. The average Bonchev–Trinajstić information content (AvgIpc) is 3.27.